The average Bonchev–Trinajstić information content (AvgIpc) is 3.26. The lowest BCUT2D eigenvalue weighted by atomic mass is 9.81. The summed E-state index contributed by atoms with van der Waals surface area (Å²) in [6, 6.07) is 15.9. The van der Waals surface area contributed by atoms with Crippen LogP contribution < -0.4 is 10.6 Å². The fourth-order valence-corrected chi connectivity index (χ4v) is 6.07. The van der Waals surface area contributed by atoms with Crippen LogP contribution in [-0.4, -0.2) is 58.5 Å². The molecule has 0 spiro atoms. The number of thiazole rings is 1. The zero-order valence-electron chi connectivity index (χ0n) is 19.3. The molecule has 8 heteroatoms. The first-order valence-electron chi connectivity index (χ1n) is 11.9. The number of fused-ring (bicyclic) bond motifs is 1. The van der Waals surface area contributed by atoms with Crippen molar-refractivity contribution in [3.05, 3.63) is 64.7 Å². The molecular formula is C26H30N4O3S. The molecule has 3 N–H and O–H groups in total. The Morgan fingerprint density at radius 1 is 1.15 bits per heavy atom. The molecule has 2 fully saturated rings. The predicted molar refractivity (Wildman–Crippen MR) is 133 cm³/mol. The summed E-state index contributed by atoms with van der Waals surface area (Å²) in [4.78, 5) is 31.5. The van der Waals surface area contributed by atoms with Crippen molar-refractivity contribution in [2.45, 2.75) is 50.3 Å². The van der Waals surface area contributed by atoms with E-state index in [-0.39, 0.29) is 24.4 Å². The number of hydrogen-bond donors (Lipinski definition) is 3. The third kappa shape index (κ3) is 4.85. The molecule has 1 saturated carbocycles. The Hall–Kier alpha value is -2.81. The van der Waals surface area contributed by atoms with E-state index in [1.807, 2.05) is 43.3 Å². The van der Waals surface area contributed by atoms with Crippen LogP contribution in [0.1, 0.15) is 46.6 Å². The Labute approximate surface area is 203 Å². The van der Waals surface area contributed by atoms with Crippen molar-refractivity contribution in [1.29, 1.82) is 0 Å². The molecule has 2 amide bonds. The molecule has 178 valence electrons. The van der Waals surface area contributed by atoms with E-state index in [0.29, 0.717) is 24.4 Å². The van der Waals surface area contributed by atoms with Crippen molar-refractivity contribution in [1.82, 2.24) is 20.5 Å². The lowest BCUT2D eigenvalue weighted by Gasteiger charge is -2.47. The number of carbonyl (C=O) groups is 2. The first-order chi connectivity index (χ1) is 16.4. The molecule has 1 aliphatic heterocycles. The van der Waals surface area contributed by atoms with Crippen molar-refractivity contribution in [2.24, 2.45) is 0 Å². The lowest BCUT2D eigenvalue weighted by molar-refractivity contribution is -0.122. The van der Waals surface area contributed by atoms with Gasteiger partial charge in [-0.25, -0.2) is 4.98 Å². The third-order valence-electron chi connectivity index (χ3n) is 6.96. The van der Waals surface area contributed by atoms with Crippen LogP contribution >= 0.6 is 11.3 Å². The van der Waals surface area contributed by atoms with E-state index in [1.165, 1.54) is 0 Å². The van der Waals surface area contributed by atoms with Gasteiger partial charge in [-0.05, 0) is 56.9 Å². The van der Waals surface area contributed by atoms with E-state index in [2.05, 4.69) is 20.5 Å². The fraction of sp³-hybridized carbons (Fsp3) is 0.423. The monoisotopic (exact) mass is 478 g/mol. The SMILES string of the molecule is Cc1cccc(C(=O)NCC(=O)NC2CN(C3CCC(O)(c4nc5ccccc5s4)CC3)C2)c1. The van der Waals surface area contributed by atoms with Gasteiger partial charge in [-0.15, -0.1) is 11.3 Å². The zero-order valence-corrected chi connectivity index (χ0v) is 20.1. The number of likely N-dealkylation sites (tertiary alicyclic amines) is 1. The minimum atomic E-state index is -0.839. The summed E-state index contributed by atoms with van der Waals surface area (Å²) in [7, 11) is 0. The highest BCUT2D eigenvalue weighted by Crippen LogP contribution is 2.42. The van der Waals surface area contributed by atoms with Crippen LogP contribution in [0, 0.1) is 6.92 Å². The largest absolute Gasteiger partial charge is 0.383 e. The number of para-hydroxylation sites is 1. The standard InChI is InChI=1S/C26H30N4O3S/c1-17-5-4-6-18(13-17)24(32)27-14-23(31)28-19-15-30(16-19)20-9-11-26(33,12-10-20)25-29-21-7-2-3-8-22(21)34-25/h2-8,13,19-20,33H,9-12,14-16H2,1H3,(H,27,32)(H,28,31). The summed E-state index contributed by atoms with van der Waals surface area (Å²) in [6.45, 7) is 3.52. The Kier molecular flexibility index (Phi) is 6.38. The minimum Gasteiger partial charge on any atom is -0.383 e. The molecule has 2 aromatic carbocycles. The molecule has 7 nitrogen and oxygen atoms in total. The van der Waals surface area contributed by atoms with Gasteiger partial charge in [-0.2, -0.15) is 0 Å². The van der Waals surface area contributed by atoms with Gasteiger partial charge < -0.3 is 15.7 Å². The normalized spacial score (nSPS) is 23.4. The second kappa shape index (κ2) is 9.44. The van der Waals surface area contributed by atoms with Gasteiger partial charge in [0.05, 0.1) is 22.8 Å². The first-order valence-corrected chi connectivity index (χ1v) is 12.7. The Balaban J connectivity index is 1.05. The highest BCUT2D eigenvalue weighted by Gasteiger charge is 2.41. The van der Waals surface area contributed by atoms with E-state index < -0.39 is 5.60 Å². The predicted octanol–water partition coefficient (Wildman–Crippen LogP) is 2.97. The van der Waals surface area contributed by atoms with Crippen LogP contribution in [-0.2, 0) is 10.4 Å². The van der Waals surface area contributed by atoms with Crippen LogP contribution in [0.5, 0.6) is 0 Å². The summed E-state index contributed by atoms with van der Waals surface area (Å²) in [5, 5.41) is 17.8. The highest BCUT2D eigenvalue weighted by molar-refractivity contribution is 7.18. The maximum absolute atomic E-state index is 12.3. The molecule has 2 heterocycles. The molecule has 0 bridgehead atoms. The number of nitrogens with one attached hydrogen (secondary N) is 2. The van der Waals surface area contributed by atoms with E-state index in [9.17, 15) is 14.7 Å². The van der Waals surface area contributed by atoms with E-state index in [0.717, 1.165) is 46.7 Å². The molecule has 5 rings (SSSR count). The third-order valence-corrected chi connectivity index (χ3v) is 8.19. The molecule has 0 unspecified atom stereocenters. The van der Waals surface area contributed by atoms with Crippen LogP contribution in [0.2, 0.25) is 0 Å². The number of amides is 2. The van der Waals surface area contributed by atoms with Gasteiger partial charge in [0.2, 0.25) is 5.91 Å². The number of nitrogens with zero attached hydrogens (tertiary/aromatic N) is 2. The number of carbonyl (C=O) groups excluding carboxylic acids is 2. The zero-order chi connectivity index (χ0) is 23.7. The Morgan fingerprint density at radius 2 is 1.91 bits per heavy atom. The highest BCUT2D eigenvalue weighted by atomic mass is 32.1. The number of aryl methyl sites for hydroxylation is 1. The summed E-state index contributed by atoms with van der Waals surface area (Å²) in [5.74, 6) is -0.406. The van der Waals surface area contributed by atoms with Crippen molar-refractivity contribution in [2.75, 3.05) is 19.6 Å². The minimum absolute atomic E-state index is 0.0259. The summed E-state index contributed by atoms with van der Waals surface area (Å²) < 4.78 is 1.12. The maximum Gasteiger partial charge on any atom is 0.251 e. The van der Waals surface area contributed by atoms with Gasteiger partial charge in [0.15, 0.2) is 0 Å². The van der Waals surface area contributed by atoms with Gasteiger partial charge in [0.1, 0.15) is 10.6 Å². The van der Waals surface area contributed by atoms with Gasteiger partial charge in [-0.3, -0.25) is 14.5 Å². The van der Waals surface area contributed by atoms with Crippen molar-refractivity contribution in [3.63, 3.8) is 0 Å². The van der Waals surface area contributed by atoms with Crippen molar-refractivity contribution < 1.29 is 14.7 Å². The maximum atomic E-state index is 12.3. The van der Waals surface area contributed by atoms with Gasteiger partial charge in [0, 0.05) is 24.7 Å². The molecule has 2 aliphatic rings. The van der Waals surface area contributed by atoms with Crippen molar-refractivity contribution in [3.8, 4) is 0 Å². The molecule has 1 aliphatic carbocycles. The van der Waals surface area contributed by atoms with Crippen LogP contribution in [0.3, 0.4) is 0 Å². The topological polar surface area (TPSA) is 94.6 Å². The second-order valence-corrected chi connectivity index (χ2v) is 10.6. The summed E-state index contributed by atoms with van der Waals surface area (Å²) >= 11 is 1.59. The summed E-state index contributed by atoms with van der Waals surface area (Å²) in [5.41, 5.74) is 1.68. The molecule has 1 saturated heterocycles. The number of rotatable bonds is 6. The molecule has 1 aromatic heterocycles. The van der Waals surface area contributed by atoms with Gasteiger partial charge in [-0.1, -0.05) is 29.8 Å². The van der Waals surface area contributed by atoms with Crippen LogP contribution in [0.4, 0.5) is 0 Å². The molecule has 0 radical (unpaired) electrons. The number of aliphatic hydroxyl groups is 1. The number of benzene rings is 2. The van der Waals surface area contributed by atoms with Crippen LogP contribution in [0.15, 0.2) is 48.5 Å². The molecule has 0 atom stereocenters. The van der Waals surface area contributed by atoms with E-state index in [4.69, 9.17) is 0 Å². The van der Waals surface area contributed by atoms with E-state index >= 15 is 0 Å². The lowest BCUT2D eigenvalue weighted by Crippen LogP contribution is -2.63. The molecule has 3 aromatic rings. The fourth-order valence-electron chi connectivity index (χ4n) is 4.96. The van der Waals surface area contributed by atoms with Gasteiger partial charge >= 0.3 is 0 Å². The van der Waals surface area contributed by atoms with Crippen LogP contribution in [0.25, 0.3) is 10.2 Å². The number of hydrogen-bond acceptors (Lipinski definition) is 6. The van der Waals surface area contributed by atoms with E-state index in [1.54, 1.807) is 23.5 Å². The summed E-state index contributed by atoms with van der Waals surface area (Å²) in [6.07, 6.45) is 3.24. The molecule has 34 heavy (non-hydrogen) atoms. The second-order valence-electron chi connectivity index (χ2n) is 9.52. The first kappa shape index (κ1) is 23.0. The molecular weight excluding hydrogens is 448 g/mol. The average molecular weight is 479 g/mol. The number of aromatic nitrogens is 1. The Bertz CT molecular complexity index is 1160. The van der Waals surface area contributed by atoms with Crippen molar-refractivity contribution >= 4 is 33.4 Å². The Morgan fingerprint density at radius 3 is 2.65 bits per heavy atom. The van der Waals surface area contributed by atoms with Gasteiger partial charge in [0.25, 0.3) is 5.91 Å². The quantitative estimate of drug-likeness (QED) is 0.506. The smallest absolute Gasteiger partial charge is 0.251 e.